The van der Waals surface area contributed by atoms with Crippen LogP contribution < -0.4 is 9.47 Å². The van der Waals surface area contributed by atoms with Gasteiger partial charge in [0.15, 0.2) is 11.5 Å². The van der Waals surface area contributed by atoms with Crippen molar-refractivity contribution in [2.75, 3.05) is 26.9 Å². The van der Waals surface area contributed by atoms with E-state index in [1.807, 2.05) is 12.1 Å². The van der Waals surface area contributed by atoms with Gasteiger partial charge in [-0.05, 0) is 37.4 Å². The Morgan fingerprint density at radius 2 is 1.96 bits per heavy atom. The van der Waals surface area contributed by atoms with Crippen molar-refractivity contribution in [3.8, 4) is 11.5 Å². The van der Waals surface area contributed by atoms with Gasteiger partial charge in [0, 0.05) is 43.2 Å². The summed E-state index contributed by atoms with van der Waals surface area (Å²) in [5, 5.41) is 0.700. The van der Waals surface area contributed by atoms with Crippen molar-refractivity contribution in [1.29, 1.82) is 0 Å². The molecule has 1 aromatic carbocycles. The van der Waals surface area contributed by atoms with Crippen LogP contribution in [0.4, 0.5) is 0 Å². The van der Waals surface area contributed by atoms with Crippen molar-refractivity contribution in [3.05, 3.63) is 22.7 Å². The maximum absolute atomic E-state index is 12.3. The van der Waals surface area contributed by atoms with Crippen LogP contribution in [0.5, 0.6) is 11.5 Å². The van der Waals surface area contributed by atoms with Gasteiger partial charge in [0.2, 0.25) is 12.7 Å². The lowest BCUT2D eigenvalue weighted by molar-refractivity contribution is -0.129. The molecule has 1 aliphatic carbocycles. The van der Waals surface area contributed by atoms with Gasteiger partial charge in [0.25, 0.3) is 0 Å². The number of likely N-dealkylation sites (tertiary alicyclic amines) is 1. The molecule has 136 valence electrons. The largest absolute Gasteiger partial charge is 0.454 e. The van der Waals surface area contributed by atoms with E-state index in [2.05, 4.69) is 16.8 Å². The summed E-state index contributed by atoms with van der Waals surface area (Å²) < 4.78 is 10.8. The van der Waals surface area contributed by atoms with Gasteiger partial charge >= 0.3 is 0 Å². The number of fused-ring (bicyclic) bond motifs is 1. The standard InChI is InChI=1S/C19H25ClN2O3/c1-21(11-14-7-17-18(8-16(14)20)25-12-24-17)9-13-6-19(23)22(10-13)15-4-2-3-5-15/h7-8,13,15H,2-6,9-12H2,1H3/t13-/m0/s1. The molecule has 2 aliphatic heterocycles. The lowest BCUT2D eigenvalue weighted by Crippen LogP contribution is -2.35. The first-order valence-corrected chi connectivity index (χ1v) is 9.54. The zero-order valence-corrected chi connectivity index (χ0v) is 15.4. The molecular formula is C19H25ClN2O3. The summed E-state index contributed by atoms with van der Waals surface area (Å²) in [7, 11) is 2.09. The maximum atomic E-state index is 12.3. The van der Waals surface area contributed by atoms with E-state index < -0.39 is 0 Å². The number of amides is 1. The van der Waals surface area contributed by atoms with E-state index in [1.165, 1.54) is 25.7 Å². The van der Waals surface area contributed by atoms with Crippen LogP contribution >= 0.6 is 11.6 Å². The zero-order valence-electron chi connectivity index (χ0n) is 14.7. The smallest absolute Gasteiger partial charge is 0.231 e. The van der Waals surface area contributed by atoms with E-state index in [9.17, 15) is 4.79 Å². The van der Waals surface area contributed by atoms with Crippen molar-refractivity contribution in [2.24, 2.45) is 5.92 Å². The number of nitrogens with zero attached hydrogens (tertiary/aromatic N) is 2. The lowest BCUT2D eigenvalue weighted by Gasteiger charge is -2.25. The highest BCUT2D eigenvalue weighted by molar-refractivity contribution is 6.31. The minimum absolute atomic E-state index is 0.256. The summed E-state index contributed by atoms with van der Waals surface area (Å²) in [5.41, 5.74) is 1.03. The predicted molar refractivity (Wildman–Crippen MR) is 96.0 cm³/mol. The number of ether oxygens (including phenoxy) is 2. The summed E-state index contributed by atoms with van der Waals surface area (Å²) in [6.45, 7) is 2.80. The molecule has 0 aromatic heterocycles. The number of benzene rings is 1. The molecule has 0 unspecified atom stereocenters. The van der Waals surface area contributed by atoms with E-state index in [0.717, 1.165) is 30.9 Å². The number of hydrogen-bond donors (Lipinski definition) is 0. The fourth-order valence-corrected chi connectivity index (χ4v) is 4.59. The Hall–Kier alpha value is -1.46. The van der Waals surface area contributed by atoms with Gasteiger partial charge in [-0.3, -0.25) is 4.79 Å². The van der Waals surface area contributed by atoms with Crippen molar-refractivity contribution in [3.63, 3.8) is 0 Å². The van der Waals surface area contributed by atoms with Gasteiger partial charge < -0.3 is 19.3 Å². The molecule has 1 saturated carbocycles. The molecule has 0 spiro atoms. The minimum atomic E-state index is 0.256. The molecule has 0 radical (unpaired) electrons. The molecule has 0 bridgehead atoms. The maximum Gasteiger partial charge on any atom is 0.231 e. The molecule has 1 saturated heterocycles. The normalized spacial score (nSPS) is 23.2. The fourth-order valence-electron chi connectivity index (χ4n) is 4.38. The second kappa shape index (κ2) is 7.04. The second-order valence-electron chi connectivity index (χ2n) is 7.55. The van der Waals surface area contributed by atoms with Crippen LogP contribution in [0.15, 0.2) is 12.1 Å². The van der Waals surface area contributed by atoms with Crippen LogP contribution in [0.2, 0.25) is 5.02 Å². The van der Waals surface area contributed by atoms with Gasteiger partial charge in [-0.2, -0.15) is 0 Å². The van der Waals surface area contributed by atoms with Crippen LogP contribution in [0.25, 0.3) is 0 Å². The molecule has 1 aromatic rings. The van der Waals surface area contributed by atoms with E-state index in [-0.39, 0.29) is 6.79 Å². The van der Waals surface area contributed by atoms with Gasteiger partial charge in [0.1, 0.15) is 0 Å². The summed E-state index contributed by atoms with van der Waals surface area (Å²) in [6, 6.07) is 4.28. The number of halogens is 1. The van der Waals surface area contributed by atoms with E-state index in [0.29, 0.717) is 35.1 Å². The highest BCUT2D eigenvalue weighted by Crippen LogP contribution is 2.37. The number of rotatable bonds is 5. The molecule has 0 N–H and O–H groups in total. The minimum Gasteiger partial charge on any atom is -0.454 e. The van der Waals surface area contributed by atoms with Gasteiger partial charge in [0.05, 0.1) is 0 Å². The Kier molecular flexibility index (Phi) is 4.78. The molecule has 1 amide bonds. The average molecular weight is 365 g/mol. The predicted octanol–water partition coefficient (Wildman–Crippen LogP) is 3.29. The van der Waals surface area contributed by atoms with Gasteiger partial charge in [-0.15, -0.1) is 0 Å². The van der Waals surface area contributed by atoms with E-state index in [1.54, 1.807) is 0 Å². The Balaban J connectivity index is 1.35. The average Bonchev–Trinajstić information content (AvgIpc) is 3.28. The first-order valence-electron chi connectivity index (χ1n) is 9.16. The van der Waals surface area contributed by atoms with Crippen LogP contribution in [-0.2, 0) is 11.3 Å². The first kappa shape index (κ1) is 17.0. The van der Waals surface area contributed by atoms with Crippen LogP contribution in [0.1, 0.15) is 37.7 Å². The monoisotopic (exact) mass is 364 g/mol. The molecule has 6 heteroatoms. The molecule has 25 heavy (non-hydrogen) atoms. The summed E-state index contributed by atoms with van der Waals surface area (Å²) in [4.78, 5) is 16.7. The molecule has 1 atom stereocenters. The van der Waals surface area contributed by atoms with Crippen molar-refractivity contribution in [2.45, 2.75) is 44.7 Å². The van der Waals surface area contributed by atoms with Crippen LogP contribution in [-0.4, -0.2) is 48.7 Å². The third-order valence-electron chi connectivity index (χ3n) is 5.56. The Morgan fingerprint density at radius 3 is 2.72 bits per heavy atom. The molecule has 2 heterocycles. The Bertz CT molecular complexity index is 660. The zero-order chi connectivity index (χ0) is 17.4. The Labute approximate surface area is 153 Å². The molecule has 3 aliphatic rings. The third kappa shape index (κ3) is 3.58. The second-order valence-corrected chi connectivity index (χ2v) is 7.96. The lowest BCUT2D eigenvalue weighted by atomic mass is 10.1. The molecule has 2 fully saturated rings. The van der Waals surface area contributed by atoms with E-state index in [4.69, 9.17) is 21.1 Å². The highest BCUT2D eigenvalue weighted by atomic mass is 35.5. The van der Waals surface area contributed by atoms with Crippen molar-refractivity contribution < 1.29 is 14.3 Å². The van der Waals surface area contributed by atoms with Gasteiger partial charge in [-0.1, -0.05) is 24.4 Å². The molecule has 5 nitrogen and oxygen atoms in total. The SMILES string of the molecule is CN(Cc1cc2c(cc1Cl)OCO2)C[C@@H]1CC(=O)N(C2CCCC2)C1. The van der Waals surface area contributed by atoms with Gasteiger partial charge in [-0.25, -0.2) is 0 Å². The summed E-state index contributed by atoms with van der Waals surface area (Å²) in [6.07, 6.45) is 5.57. The van der Waals surface area contributed by atoms with Crippen molar-refractivity contribution >= 4 is 17.5 Å². The fraction of sp³-hybridized carbons (Fsp3) is 0.632. The summed E-state index contributed by atoms with van der Waals surface area (Å²) >= 11 is 6.38. The topological polar surface area (TPSA) is 42.0 Å². The summed E-state index contributed by atoms with van der Waals surface area (Å²) in [5.74, 6) is 2.22. The molecule has 4 rings (SSSR count). The number of carbonyl (C=O) groups excluding carboxylic acids is 1. The van der Waals surface area contributed by atoms with Crippen LogP contribution in [0, 0.1) is 5.92 Å². The highest BCUT2D eigenvalue weighted by Gasteiger charge is 2.35. The van der Waals surface area contributed by atoms with Crippen molar-refractivity contribution in [1.82, 2.24) is 9.80 Å². The number of hydrogen-bond acceptors (Lipinski definition) is 4. The van der Waals surface area contributed by atoms with Crippen LogP contribution in [0.3, 0.4) is 0 Å². The number of carbonyl (C=O) groups is 1. The molecular weight excluding hydrogens is 340 g/mol. The van der Waals surface area contributed by atoms with E-state index >= 15 is 0 Å². The first-order chi connectivity index (χ1) is 12.1. The Morgan fingerprint density at radius 1 is 1.24 bits per heavy atom. The quantitative estimate of drug-likeness (QED) is 0.804. The third-order valence-corrected chi connectivity index (χ3v) is 5.91.